The molecule has 0 atom stereocenters. The van der Waals surface area contributed by atoms with Crippen molar-refractivity contribution in [2.45, 2.75) is 32.4 Å². The fourth-order valence-electron chi connectivity index (χ4n) is 3.46. The van der Waals surface area contributed by atoms with E-state index in [4.69, 9.17) is 28.6 Å². The van der Waals surface area contributed by atoms with Crippen molar-refractivity contribution >= 4 is 46.2 Å². The molecule has 2 aromatic carbocycles. The highest BCUT2D eigenvalue weighted by molar-refractivity contribution is 7.80. The van der Waals surface area contributed by atoms with Gasteiger partial charge in [0, 0.05) is 18.1 Å². The van der Waals surface area contributed by atoms with Gasteiger partial charge in [0.1, 0.15) is 5.75 Å². The van der Waals surface area contributed by atoms with Crippen LogP contribution in [0.5, 0.6) is 5.75 Å². The number of aryl methyl sites for hydroxylation is 1. The van der Waals surface area contributed by atoms with E-state index in [2.05, 4.69) is 10.6 Å². The maximum Gasteiger partial charge on any atom is 0.416 e. The van der Waals surface area contributed by atoms with Gasteiger partial charge >= 0.3 is 6.18 Å². The van der Waals surface area contributed by atoms with Crippen molar-refractivity contribution in [1.82, 2.24) is 5.32 Å². The number of benzene rings is 2. The Hall–Kier alpha value is -2.52. The van der Waals surface area contributed by atoms with Gasteiger partial charge < -0.3 is 15.0 Å². The van der Waals surface area contributed by atoms with Crippen LogP contribution < -0.4 is 20.3 Å². The van der Waals surface area contributed by atoms with Crippen LogP contribution in [0.25, 0.3) is 0 Å². The number of nitrogens with one attached hydrogen (secondary N) is 2. The van der Waals surface area contributed by atoms with Gasteiger partial charge in [0.2, 0.25) is 0 Å². The first kappa shape index (κ1) is 24.1. The molecule has 0 radical (unpaired) electrons. The monoisotopic (exact) mass is 485 g/mol. The Bertz CT molecular complexity index is 995. The predicted octanol–water partition coefficient (Wildman–Crippen LogP) is 5.55. The Balaban J connectivity index is 1.67. The maximum atomic E-state index is 13.2. The molecule has 1 heterocycles. The van der Waals surface area contributed by atoms with Crippen molar-refractivity contribution in [3.63, 3.8) is 0 Å². The molecule has 1 aliphatic rings. The minimum Gasteiger partial charge on any atom is -0.483 e. The summed E-state index contributed by atoms with van der Waals surface area (Å²) in [6, 6.07) is 8.50. The lowest BCUT2D eigenvalue weighted by molar-refractivity contribution is -0.137. The van der Waals surface area contributed by atoms with Crippen LogP contribution in [0.4, 0.5) is 24.5 Å². The molecule has 0 aliphatic carbocycles. The van der Waals surface area contributed by atoms with E-state index in [0.717, 1.165) is 50.0 Å². The molecule has 0 aromatic heterocycles. The van der Waals surface area contributed by atoms with E-state index in [1.807, 2.05) is 4.90 Å². The second-order valence-electron chi connectivity index (χ2n) is 7.48. The Labute approximate surface area is 194 Å². The van der Waals surface area contributed by atoms with Crippen molar-refractivity contribution < 1.29 is 22.7 Å². The van der Waals surface area contributed by atoms with Gasteiger partial charge in [-0.05, 0) is 80.4 Å². The third kappa shape index (κ3) is 6.49. The number of carbonyl (C=O) groups is 1. The summed E-state index contributed by atoms with van der Waals surface area (Å²) in [5.74, 6) is -0.0444. The quantitative estimate of drug-likeness (QED) is 0.544. The molecule has 0 bridgehead atoms. The third-order valence-electron chi connectivity index (χ3n) is 5.02. The summed E-state index contributed by atoms with van der Waals surface area (Å²) in [7, 11) is 0. The first-order valence-corrected chi connectivity index (χ1v) is 10.9. The van der Waals surface area contributed by atoms with E-state index in [0.29, 0.717) is 16.5 Å². The summed E-state index contributed by atoms with van der Waals surface area (Å²) in [6.45, 7) is 2.97. The van der Waals surface area contributed by atoms with E-state index < -0.39 is 17.6 Å². The zero-order valence-corrected chi connectivity index (χ0v) is 19.0. The number of piperidine rings is 1. The van der Waals surface area contributed by atoms with Crippen molar-refractivity contribution in [2.24, 2.45) is 0 Å². The summed E-state index contributed by atoms with van der Waals surface area (Å²) in [4.78, 5) is 14.2. The summed E-state index contributed by atoms with van der Waals surface area (Å²) < 4.78 is 45.2. The first-order chi connectivity index (χ1) is 15.1. The molecule has 172 valence electrons. The van der Waals surface area contributed by atoms with E-state index in [1.165, 1.54) is 6.07 Å². The molecule has 1 amide bonds. The minimum absolute atomic E-state index is 0.107. The molecular formula is C22H23ClF3N3O2S. The van der Waals surface area contributed by atoms with Crippen molar-refractivity contribution in [2.75, 3.05) is 29.9 Å². The van der Waals surface area contributed by atoms with Gasteiger partial charge in [-0.2, -0.15) is 13.2 Å². The summed E-state index contributed by atoms with van der Waals surface area (Å²) in [5.41, 5.74) is 0.779. The molecule has 1 aliphatic heterocycles. The first-order valence-electron chi connectivity index (χ1n) is 10.1. The Morgan fingerprint density at radius 2 is 1.88 bits per heavy atom. The lowest BCUT2D eigenvalue weighted by Gasteiger charge is -2.31. The van der Waals surface area contributed by atoms with Crippen LogP contribution in [0.3, 0.4) is 0 Å². The topological polar surface area (TPSA) is 53.6 Å². The average Bonchev–Trinajstić information content (AvgIpc) is 2.73. The number of amides is 1. The highest BCUT2D eigenvalue weighted by Gasteiger charge is 2.31. The molecule has 5 nitrogen and oxygen atoms in total. The molecule has 3 rings (SSSR count). The molecular weight excluding hydrogens is 463 g/mol. The summed E-state index contributed by atoms with van der Waals surface area (Å²) >= 11 is 11.1. The number of carbonyl (C=O) groups excluding carboxylic acids is 1. The number of halogens is 4. The lowest BCUT2D eigenvalue weighted by atomic mass is 10.1. The van der Waals surface area contributed by atoms with Crippen LogP contribution in [-0.4, -0.2) is 30.7 Å². The van der Waals surface area contributed by atoms with Crippen LogP contribution in [0.2, 0.25) is 5.02 Å². The van der Waals surface area contributed by atoms with Gasteiger partial charge in [-0.25, -0.2) is 0 Å². The van der Waals surface area contributed by atoms with Crippen molar-refractivity contribution in [3.05, 3.63) is 52.5 Å². The Kier molecular flexibility index (Phi) is 7.84. The number of anilines is 2. The van der Waals surface area contributed by atoms with Crippen molar-refractivity contribution in [1.29, 1.82) is 0 Å². The molecule has 0 spiro atoms. The van der Waals surface area contributed by atoms with Gasteiger partial charge in [-0.1, -0.05) is 11.6 Å². The second-order valence-corrected chi connectivity index (χ2v) is 8.32. The van der Waals surface area contributed by atoms with Gasteiger partial charge in [0.15, 0.2) is 11.7 Å². The smallest absolute Gasteiger partial charge is 0.416 e. The molecule has 32 heavy (non-hydrogen) atoms. The highest BCUT2D eigenvalue weighted by atomic mass is 35.5. The van der Waals surface area contributed by atoms with Crippen molar-refractivity contribution in [3.8, 4) is 5.75 Å². The molecule has 1 fully saturated rings. The molecule has 10 heteroatoms. The number of thiocarbonyl (C=S) groups is 1. The van der Waals surface area contributed by atoms with Gasteiger partial charge in [-0.15, -0.1) is 0 Å². The number of alkyl halides is 3. The van der Waals surface area contributed by atoms with Gasteiger partial charge in [0.05, 0.1) is 16.9 Å². The predicted molar refractivity (Wildman–Crippen MR) is 124 cm³/mol. The zero-order valence-electron chi connectivity index (χ0n) is 17.4. The average molecular weight is 486 g/mol. The minimum atomic E-state index is -4.49. The van der Waals surface area contributed by atoms with E-state index in [1.54, 1.807) is 25.1 Å². The van der Waals surface area contributed by atoms with Crippen LogP contribution in [-0.2, 0) is 11.0 Å². The number of ether oxygens (including phenoxy) is 1. The largest absolute Gasteiger partial charge is 0.483 e. The van der Waals surface area contributed by atoms with Gasteiger partial charge in [0.25, 0.3) is 5.91 Å². The number of hydrogen-bond acceptors (Lipinski definition) is 4. The van der Waals surface area contributed by atoms with Crippen LogP contribution in [0.15, 0.2) is 36.4 Å². The van der Waals surface area contributed by atoms with Gasteiger partial charge in [-0.3, -0.25) is 10.1 Å². The van der Waals surface area contributed by atoms with Crippen LogP contribution in [0.1, 0.15) is 30.4 Å². The summed E-state index contributed by atoms with van der Waals surface area (Å²) in [6.07, 6.45) is -1.49. The fraction of sp³-hybridized carbons (Fsp3) is 0.364. The van der Waals surface area contributed by atoms with E-state index >= 15 is 0 Å². The Morgan fingerprint density at radius 3 is 2.53 bits per heavy atom. The summed E-state index contributed by atoms with van der Waals surface area (Å²) in [5, 5.41) is 5.65. The number of hydrogen-bond donors (Lipinski definition) is 2. The Morgan fingerprint density at radius 1 is 1.16 bits per heavy atom. The molecule has 0 saturated carbocycles. The second kappa shape index (κ2) is 10.4. The fourth-order valence-corrected chi connectivity index (χ4v) is 3.91. The van der Waals surface area contributed by atoms with Crippen LogP contribution in [0, 0.1) is 6.92 Å². The molecule has 0 unspecified atom stereocenters. The third-order valence-corrected chi connectivity index (χ3v) is 5.46. The molecule has 2 aromatic rings. The SMILES string of the molecule is Cc1cc(Cl)ccc1OCC(=O)NC(=S)Nc1cc(C(F)(F)F)ccc1N1CCCCC1. The van der Waals surface area contributed by atoms with E-state index in [-0.39, 0.29) is 17.4 Å². The molecule has 1 saturated heterocycles. The van der Waals surface area contributed by atoms with E-state index in [9.17, 15) is 18.0 Å². The molecule has 2 N–H and O–H groups in total. The van der Waals surface area contributed by atoms with Crippen LogP contribution >= 0.6 is 23.8 Å². The maximum absolute atomic E-state index is 13.2. The normalized spacial score (nSPS) is 14.1. The number of rotatable bonds is 5. The standard InChI is InChI=1S/C22H23ClF3N3O2S/c1-14-11-16(23)6-8-19(14)31-13-20(30)28-21(32)27-17-12-15(22(24,25)26)5-7-18(17)29-9-3-2-4-10-29/h5-8,11-12H,2-4,9-10,13H2,1H3,(H2,27,28,30,32). The number of nitrogens with zero attached hydrogens (tertiary/aromatic N) is 1. The zero-order chi connectivity index (χ0) is 23.3. The lowest BCUT2D eigenvalue weighted by Crippen LogP contribution is -2.38. The highest BCUT2D eigenvalue weighted by Crippen LogP contribution is 2.36.